The van der Waals surface area contributed by atoms with Crippen molar-refractivity contribution in [3.8, 4) is 0 Å². The number of carbonyl (C=O) groups is 1. The van der Waals surface area contributed by atoms with Crippen molar-refractivity contribution in [1.82, 2.24) is 9.97 Å². The molecule has 2 heterocycles. The van der Waals surface area contributed by atoms with Crippen LogP contribution < -0.4 is 21.7 Å². The number of nitrogens with zero attached hydrogens (tertiary/aromatic N) is 3. The molecule has 0 spiro atoms. The van der Waals surface area contributed by atoms with Crippen molar-refractivity contribution in [1.29, 1.82) is 0 Å². The number of nitrogens with one attached hydrogen (secondary N) is 1. The fourth-order valence-corrected chi connectivity index (χ4v) is 3.33. The molecule has 1 saturated heterocycles. The molecule has 2 aromatic rings. The predicted molar refractivity (Wildman–Crippen MR) is 104 cm³/mol. The summed E-state index contributed by atoms with van der Waals surface area (Å²) >= 11 is 0. The lowest BCUT2D eigenvalue weighted by molar-refractivity contribution is -0.118. The molecule has 0 saturated carbocycles. The first-order chi connectivity index (χ1) is 12.9. The van der Waals surface area contributed by atoms with E-state index in [1.54, 1.807) is 6.07 Å². The lowest BCUT2D eigenvalue weighted by Gasteiger charge is -2.19. The molecule has 7 nitrogen and oxygen atoms in total. The van der Waals surface area contributed by atoms with Gasteiger partial charge in [-0.3, -0.25) is 4.79 Å². The van der Waals surface area contributed by atoms with Gasteiger partial charge < -0.3 is 21.7 Å². The number of anilines is 4. The number of halogens is 1. The van der Waals surface area contributed by atoms with E-state index in [4.69, 9.17) is 11.5 Å². The maximum Gasteiger partial charge on any atom is 0.229 e. The van der Waals surface area contributed by atoms with Crippen molar-refractivity contribution in [2.24, 2.45) is 11.7 Å². The molecule has 3 rings (SSSR count). The number of benzene rings is 1. The van der Waals surface area contributed by atoms with Crippen LogP contribution in [0.25, 0.3) is 0 Å². The molecule has 1 aliphatic heterocycles. The lowest BCUT2D eigenvalue weighted by atomic mass is 10.1. The molecule has 0 radical (unpaired) electrons. The minimum atomic E-state index is -0.459. The van der Waals surface area contributed by atoms with E-state index in [0.29, 0.717) is 18.1 Å². The Balaban J connectivity index is 1.82. The van der Waals surface area contributed by atoms with Crippen LogP contribution in [0.3, 0.4) is 0 Å². The Bertz CT molecular complexity index is 828. The van der Waals surface area contributed by atoms with Gasteiger partial charge in [0, 0.05) is 37.0 Å². The third kappa shape index (κ3) is 4.84. The van der Waals surface area contributed by atoms with E-state index in [1.807, 2.05) is 6.07 Å². The Kier molecular flexibility index (Phi) is 5.73. The van der Waals surface area contributed by atoms with Gasteiger partial charge in [0.2, 0.25) is 11.9 Å². The molecule has 27 heavy (non-hydrogen) atoms. The molecule has 1 aromatic carbocycles. The molecule has 1 atom stereocenters. The maximum atomic E-state index is 13.4. The summed E-state index contributed by atoms with van der Waals surface area (Å²) in [5.41, 5.74) is 12.6. The van der Waals surface area contributed by atoms with Crippen molar-refractivity contribution in [2.75, 3.05) is 29.0 Å². The lowest BCUT2D eigenvalue weighted by Crippen LogP contribution is -2.23. The number of nitrogen functional groups attached to an aromatic ring is 1. The van der Waals surface area contributed by atoms with Crippen molar-refractivity contribution in [3.05, 3.63) is 35.8 Å². The topological polar surface area (TPSA) is 110 Å². The normalized spacial score (nSPS) is 16.5. The summed E-state index contributed by atoms with van der Waals surface area (Å²) in [5.74, 6) is 0.783. The van der Waals surface area contributed by atoms with E-state index in [1.165, 1.54) is 12.1 Å². The number of hydrogen-bond acceptors (Lipinski definition) is 6. The Hall–Kier alpha value is -2.90. The standard InChI is InChI=1S/C19H25FN6O/c1-2-3-13-10-18(26-7-6-12(11-26)8-17(22)27)25-19(23-13)24-14-4-5-15(20)16(21)9-14/h4-5,9-10,12H,2-3,6-8,11,21H2,1H3,(H2,22,27)(H,23,24,25). The molecule has 5 N–H and O–H groups in total. The Labute approximate surface area is 158 Å². The highest BCUT2D eigenvalue weighted by Gasteiger charge is 2.25. The van der Waals surface area contributed by atoms with Gasteiger partial charge in [0.25, 0.3) is 0 Å². The molecular weight excluding hydrogens is 347 g/mol. The molecule has 0 aliphatic carbocycles. The highest BCUT2D eigenvalue weighted by atomic mass is 19.1. The van der Waals surface area contributed by atoms with E-state index in [9.17, 15) is 9.18 Å². The summed E-state index contributed by atoms with van der Waals surface area (Å²) in [4.78, 5) is 22.5. The minimum absolute atomic E-state index is 0.0683. The molecule has 0 bridgehead atoms. The van der Waals surface area contributed by atoms with E-state index >= 15 is 0 Å². The van der Waals surface area contributed by atoms with Crippen LogP contribution in [0.2, 0.25) is 0 Å². The highest BCUT2D eigenvalue weighted by Crippen LogP contribution is 2.27. The molecule has 1 aliphatic rings. The van der Waals surface area contributed by atoms with Crippen LogP contribution in [0.1, 0.15) is 31.9 Å². The smallest absolute Gasteiger partial charge is 0.229 e. The quantitative estimate of drug-likeness (QED) is 0.645. The number of rotatable bonds is 7. The number of amides is 1. The van der Waals surface area contributed by atoms with Crippen molar-refractivity contribution < 1.29 is 9.18 Å². The van der Waals surface area contributed by atoms with Gasteiger partial charge in [0.1, 0.15) is 11.6 Å². The highest BCUT2D eigenvalue weighted by molar-refractivity contribution is 5.74. The number of carbonyl (C=O) groups excluding carboxylic acids is 1. The predicted octanol–water partition coefficient (Wildman–Crippen LogP) is 2.60. The fraction of sp³-hybridized carbons (Fsp3) is 0.421. The summed E-state index contributed by atoms with van der Waals surface area (Å²) in [5, 5.41) is 3.11. The molecule has 1 amide bonds. The molecule has 1 fully saturated rings. The van der Waals surface area contributed by atoms with Gasteiger partial charge in [-0.15, -0.1) is 0 Å². The van der Waals surface area contributed by atoms with Crippen molar-refractivity contribution in [2.45, 2.75) is 32.6 Å². The summed E-state index contributed by atoms with van der Waals surface area (Å²) < 4.78 is 13.4. The van der Waals surface area contributed by atoms with Crippen LogP contribution >= 0.6 is 0 Å². The first-order valence-electron chi connectivity index (χ1n) is 9.18. The summed E-state index contributed by atoms with van der Waals surface area (Å²) in [6, 6.07) is 6.41. The van der Waals surface area contributed by atoms with Crippen LogP contribution in [0.5, 0.6) is 0 Å². The first kappa shape index (κ1) is 18.9. The Morgan fingerprint density at radius 2 is 2.19 bits per heavy atom. The van der Waals surface area contributed by atoms with Crippen LogP contribution in [0.4, 0.5) is 27.5 Å². The number of hydrogen-bond donors (Lipinski definition) is 3. The van der Waals surface area contributed by atoms with Crippen LogP contribution in [0.15, 0.2) is 24.3 Å². The number of aromatic nitrogens is 2. The van der Waals surface area contributed by atoms with Gasteiger partial charge >= 0.3 is 0 Å². The number of aryl methyl sites for hydroxylation is 1. The average molecular weight is 372 g/mol. The summed E-state index contributed by atoms with van der Waals surface area (Å²) in [6.45, 7) is 3.66. The monoisotopic (exact) mass is 372 g/mol. The van der Waals surface area contributed by atoms with Crippen LogP contribution in [-0.2, 0) is 11.2 Å². The zero-order valence-electron chi connectivity index (χ0n) is 15.4. The number of nitrogens with two attached hydrogens (primary N) is 2. The molecule has 144 valence electrons. The Morgan fingerprint density at radius 3 is 2.89 bits per heavy atom. The largest absolute Gasteiger partial charge is 0.396 e. The van der Waals surface area contributed by atoms with Crippen LogP contribution in [0, 0.1) is 11.7 Å². The molecule has 8 heteroatoms. The number of primary amides is 1. The van der Waals surface area contributed by atoms with Gasteiger partial charge in [0.15, 0.2) is 0 Å². The first-order valence-corrected chi connectivity index (χ1v) is 9.18. The second-order valence-corrected chi connectivity index (χ2v) is 6.92. The third-order valence-corrected chi connectivity index (χ3v) is 4.62. The molecule has 1 unspecified atom stereocenters. The fourth-order valence-electron chi connectivity index (χ4n) is 3.33. The SMILES string of the molecule is CCCc1cc(N2CCC(CC(N)=O)C2)nc(Nc2ccc(F)c(N)c2)n1. The third-order valence-electron chi connectivity index (χ3n) is 4.62. The zero-order chi connectivity index (χ0) is 19.4. The van der Waals surface area contributed by atoms with E-state index in [-0.39, 0.29) is 17.5 Å². The Morgan fingerprint density at radius 1 is 1.37 bits per heavy atom. The molecular formula is C19H25FN6O. The van der Waals surface area contributed by atoms with Gasteiger partial charge in [-0.1, -0.05) is 13.3 Å². The van der Waals surface area contributed by atoms with Gasteiger partial charge in [0.05, 0.1) is 5.69 Å². The molecule has 1 aromatic heterocycles. The van der Waals surface area contributed by atoms with E-state index in [2.05, 4.69) is 27.1 Å². The van der Waals surface area contributed by atoms with Crippen LogP contribution in [-0.4, -0.2) is 29.0 Å². The second-order valence-electron chi connectivity index (χ2n) is 6.92. The second kappa shape index (κ2) is 8.20. The van der Waals surface area contributed by atoms with Crippen molar-refractivity contribution in [3.63, 3.8) is 0 Å². The van der Waals surface area contributed by atoms with Gasteiger partial charge in [-0.2, -0.15) is 4.98 Å². The van der Waals surface area contributed by atoms with E-state index in [0.717, 1.165) is 43.9 Å². The maximum absolute atomic E-state index is 13.4. The van der Waals surface area contributed by atoms with E-state index < -0.39 is 5.82 Å². The van der Waals surface area contributed by atoms with Gasteiger partial charge in [-0.25, -0.2) is 9.37 Å². The zero-order valence-corrected chi connectivity index (χ0v) is 15.4. The minimum Gasteiger partial charge on any atom is -0.396 e. The summed E-state index contributed by atoms with van der Waals surface area (Å²) in [6.07, 6.45) is 3.09. The average Bonchev–Trinajstić information content (AvgIpc) is 3.06. The van der Waals surface area contributed by atoms with Gasteiger partial charge in [-0.05, 0) is 37.0 Å². The van der Waals surface area contributed by atoms with Crippen molar-refractivity contribution >= 4 is 29.0 Å². The summed E-state index contributed by atoms with van der Waals surface area (Å²) in [7, 11) is 0.